The predicted molar refractivity (Wildman–Crippen MR) is 101 cm³/mol. The summed E-state index contributed by atoms with van der Waals surface area (Å²) in [5, 5.41) is 9.39. The van der Waals surface area contributed by atoms with Crippen LogP contribution in [0.15, 0.2) is 14.4 Å². The van der Waals surface area contributed by atoms with Crippen molar-refractivity contribution >= 4 is 33.3 Å². The smallest absolute Gasteiger partial charge is 0.263 e. The van der Waals surface area contributed by atoms with Crippen LogP contribution in [0.3, 0.4) is 0 Å². The van der Waals surface area contributed by atoms with Gasteiger partial charge in [0, 0.05) is 32.1 Å². The molecule has 0 saturated carbocycles. The summed E-state index contributed by atoms with van der Waals surface area (Å²) in [6.07, 6.45) is 3.94. The van der Waals surface area contributed by atoms with Crippen LogP contribution in [0, 0.1) is 6.92 Å². The minimum Gasteiger partial charge on any atom is -0.425 e. The van der Waals surface area contributed by atoms with Crippen LogP contribution in [0.25, 0.3) is 10.2 Å². The second kappa shape index (κ2) is 7.50. The molecular formula is C17H20N4O3S2. The summed E-state index contributed by atoms with van der Waals surface area (Å²) in [7, 11) is 1.67. The van der Waals surface area contributed by atoms with E-state index in [0.29, 0.717) is 35.8 Å². The van der Waals surface area contributed by atoms with E-state index >= 15 is 0 Å². The van der Waals surface area contributed by atoms with Crippen LogP contribution >= 0.6 is 23.1 Å². The molecule has 0 unspecified atom stereocenters. The summed E-state index contributed by atoms with van der Waals surface area (Å²) < 4.78 is 12.4. The third-order valence-electron chi connectivity index (χ3n) is 4.41. The van der Waals surface area contributed by atoms with Crippen LogP contribution in [-0.2, 0) is 29.9 Å². The number of ether oxygens (including phenoxy) is 1. The lowest BCUT2D eigenvalue weighted by Gasteiger charge is -2.11. The zero-order chi connectivity index (χ0) is 18.1. The Morgan fingerprint density at radius 3 is 3.00 bits per heavy atom. The van der Waals surface area contributed by atoms with Crippen LogP contribution in [-0.4, -0.2) is 33.5 Å². The van der Waals surface area contributed by atoms with Crippen molar-refractivity contribution in [3.8, 4) is 0 Å². The molecule has 0 saturated heterocycles. The molecule has 0 N–H and O–H groups in total. The average Bonchev–Trinajstić information content (AvgIpc) is 3.31. The molecule has 0 aliphatic heterocycles. The maximum atomic E-state index is 13.2. The van der Waals surface area contributed by atoms with Crippen LogP contribution in [0.4, 0.5) is 0 Å². The SMILES string of the molecule is COCCCn1c(SCc2nnc(C)o2)nc2sc3c(c2c1=O)CCC3. The topological polar surface area (TPSA) is 83.0 Å². The highest BCUT2D eigenvalue weighted by Crippen LogP contribution is 2.35. The molecule has 4 rings (SSSR count). The van der Waals surface area contributed by atoms with Gasteiger partial charge in [-0.25, -0.2) is 4.98 Å². The van der Waals surface area contributed by atoms with Gasteiger partial charge in [-0.1, -0.05) is 11.8 Å². The molecule has 0 aromatic carbocycles. The van der Waals surface area contributed by atoms with E-state index in [2.05, 4.69) is 10.2 Å². The molecule has 0 bridgehead atoms. The Bertz CT molecular complexity index is 992. The maximum absolute atomic E-state index is 13.2. The molecule has 3 heterocycles. The molecule has 1 aliphatic carbocycles. The van der Waals surface area contributed by atoms with Crippen molar-refractivity contribution in [2.24, 2.45) is 0 Å². The van der Waals surface area contributed by atoms with Gasteiger partial charge in [0.25, 0.3) is 5.56 Å². The Labute approximate surface area is 158 Å². The Kier molecular flexibility index (Phi) is 5.10. The fourth-order valence-corrected chi connectivity index (χ4v) is 5.42. The molecule has 3 aromatic rings. The van der Waals surface area contributed by atoms with Crippen molar-refractivity contribution in [3.05, 3.63) is 32.6 Å². The first-order chi connectivity index (χ1) is 12.7. The lowest BCUT2D eigenvalue weighted by atomic mass is 10.2. The summed E-state index contributed by atoms with van der Waals surface area (Å²) in [6.45, 7) is 2.96. The molecule has 7 nitrogen and oxygen atoms in total. The molecule has 0 atom stereocenters. The second-order valence-corrected chi connectivity index (χ2v) is 8.26. The lowest BCUT2D eigenvalue weighted by Crippen LogP contribution is -2.24. The largest absolute Gasteiger partial charge is 0.425 e. The predicted octanol–water partition coefficient (Wildman–Crippen LogP) is 2.97. The van der Waals surface area contributed by atoms with Crippen molar-refractivity contribution in [2.45, 2.75) is 50.1 Å². The number of thioether (sulfide) groups is 1. The normalized spacial score (nSPS) is 13.6. The number of hydrogen-bond donors (Lipinski definition) is 0. The van der Waals surface area contributed by atoms with Crippen molar-refractivity contribution in [1.82, 2.24) is 19.7 Å². The lowest BCUT2D eigenvalue weighted by molar-refractivity contribution is 0.189. The standard InChI is InChI=1S/C17H20N4O3S2/c1-10-19-20-13(24-10)9-25-17-18-15-14(11-5-3-6-12(11)26-15)16(22)21(17)7-4-8-23-2/h3-9H2,1-2H3. The van der Waals surface area contributed by atoms with Crippen molar-refractivity contribution < 1.29 is 9.15 Å². The van der Waals surface area contributed by atoms with E-state index in [0.717, 1.165) is 35.9 Å². The summed E-state index contributed by atoms with van der Waals surface area (Å²) in [4.78, 5) is 20.2. The van der Waals surface area contributed by atoms with E-state index < -0.39 is 0 Å². The molecule has 0 amide bonds. The molecule has 0 fully saturated rings. The summed E-state index contributed by atoms with van der Waals surface area (Å²) in [6, 6.07) is 0. The number of aromatic nitrogens is 4. The minimum absolute atomic E-state index is 0.0645. The highest BCUT2D eigenvalue weighted by Gasteiger charge is 2.23. The van der Waals surface area contributed by atoms with E-state index in [1.807, 2.05) is 0 Å². The number of aryl methyl sites for hydroxylation is 3. The van der Waals surface area contributed by atoms with Crippen LogP contribution < -0.4 is 5.56 Å². The van der Waals surface area contributed by atoms with Gasteiger partial charge in [0.05, 0.1) is 11.1 Å². The van der Waals surface area contributed by atoms with E-state index in [1.165, 1.54) is 22.2 Å². The number of hydrogen-bond acceptors (Lipinski definition) is 8. The summed E-state index contributed by atoms with van der Waals surface area (Å²) >= 11 is 3.13. The molecule has 26 heavy (non-hydrogen) atoms. The van der Waals surface area contributed by atoms with Gasteiger partial charge in [0.2, 0.25) is 11.8 Å². The molecule has 0 spiro atoms. The second-order valence-electron chi connectivity index (χ2n) is 6.24. The minimum atomic E-state index is 0.0645. The monoisotopic (exact) mass is 392 g/mol. The van der Waals surface area contributed by atoms with Gasteiger partial charge >= 0.3 is 0 Å². The quantitative estimate of drug-likeness (QED) is 0.347. The molecule has 9 heteroatoms. The van der Waals surface area contributed by atoms with Gasteiger partial charge in [0.15, 0.2) is 5.16 Å². The molecule has 3 aromatic heterocycles. The molecule has 0 radical (unpaired) electrons. The number of nitrogens with zero attached hydrogens (tertiary/aromatic N) is 4. The number of methoxy groups -OCH3 is 1. The van der Waals surface area contributed by atoms with Gasteiger partial charge in [-0.3, -0.25) is 9.36 Å². The first-order valence-corrected chi connectivity index (χ1v) is 10.4. The van der Waals surface area contributed by atoms with E-state index in [9.17, 15) is 4.79 Å². The van der Waals surface area contributed by atoms with E-state index in [4.69, 9.17) is 14.1 Å². The van der Waals surface area contributed by atoms with Gasteiger partial charge in [-0.15, -0.1) is 21.5 Å². The average molecular weight is 393 g/mol. The fourth-order valence-electron chi connectivity index (χ4n) is 3.25. The van der Waals surface area contributed by atoms with Crippen molar-refractivity contribution in [3.63, 3.8) is 0 Å². The fraction of sp³-hybridized carbons (Fsp3) is 0.529. The zero-order valence-electron chi connectivity index (χ0n) is 14.8. The summed E-state index contributed by atoms with van der Waals surface area (Å²) in [5.41, 5.74) is 1.28. The summed E-state index contributed by atoms with van der Waals surface area (Å²) in [5.74, 6) is 1.57. The van der Waals surface area contributed by atoms with Gasteiger partial charge < -0.3 is 9.15 Å². The van der Waals surface area contributed by atoms with Crippen LogP contribution in [0.5, 0.6) is 0 Å². The van der Waals surface area contributed by atoms with Crippen LogP contribution in [0.2, 0.25) is 0 Å². The molecular weight excluding hydrogens is 372 g/mol. The number of thiophene rings is 1. The molecule has 1 aliphatic rings. The molecule has 138 valence electrons. The highest BCUT2D eigenvalue weighted by molar-refractivity contribution is 7.98. The first kappa shape index (κ1) is 17.7. The number of rotatable bonds is 7. The zero-order valence-corrected chi connectivity index (χ0v) is 16.4. The Hall–Kier alpha value is -1.71. The van der Waals surface area contributed by atoms with E-state index in [-0.39, 0.29) is 5.56 Å². The van der Waals surface area contributed by atoms with Crippen molar-refractivity contribution in [1.29, 1.82) is 0 Å². The Balaban J connectivity index is 1.71. The Morgan fingerprint density at radius 2 is 2.23 bits per heavy atom. The maximum Gasteiger partial charge on any atom is 0.263 e. The van der Waals surface area contributed by atoms with Gasteiger partial charge in [-0.05, 0) is 31.2 Å². The number of fused-ring (bicyclic) bond motifs is 3. The third kappa shape index (κ3) is 3.30. The van der Waals surface area contributed by atoms with E-state index in [1.54, 1.807) is 29.9 Å². The van der Waals surface area contributed by atoms with Gasteiger partial charge in [-0.2, -0.15) is 0 Å². The van der Waals surface area contributed by atoms with Crippen molar-refractivity contribution in [2.75, 3.05) is 13.7 Å². The third-order valence-corrected chi connectivity index (χ3v) is 6.56. The van der Waals surface area contributed by atoms with Crippen LogP contribution in [0.1, 0.15) is 35.1 Å². The Morgan fingerprint density at radius 1 is 1.35 bits per heavy atom. The van der Waals surface area contributed by atoms with Gasteiger partial charge in [0.1, 0.15) is 4.83 Å². The highest BCUT2D eigenvalue weighted by atomic mass is 32.2. The first-order valence-electron chi connectivity index (χ1n) is 8.63.